The Morgan fingerprint density at radius 2 is 2.16 bits per heavy atom. The van der Waals surface area contributed by atoms with E-state index in [0.29, 0.717) is 11.7 Å². The minimum atomic E-state index is -0.171. The molecule has 3 nitrogen and oxygen atoms in total. The molecule has 1 aliphatic heterocycles. The van der Waals surface area contributed by atoms with Gasteiger partial charge in [0.1, 0.15) is 5.82 Å². The fraction of sp³-hybridized carbons (Fsp3) is 0.600. The molecule has 0 spiro atoms. The molecule has 2 aliphatic rings. The molecule has 0 radical (unpaired) electrons. The van der Waals surface area contributed by atoms with E-state index >= 15 is 0 Å². The molecule has 1 aromatic rings. The molecule has 104 valence electrons. The third kappa shape index (κ3) is 2.90. The molecule has 1 saturated carbocycles. The van der Waals surface area contributed by atoms with Gasteiger partial charge in [-0.3, -0.25) is 0 Å². The van der Waals surface area contributed by atoms with Crippen LogP contribution in [0.1, 0.15) is 31.2 Å². The van der Waals surface area contributed by atoms with Crippen LogP contribution in [0.5, 0.6) is 0 Å². The predicted octanol–water partition coefficient (Wildman–Crippen LogP) is 2.04. The van der Waals surface area contributed by atoms with E-state index in [1.54, 1.807) is 6.07 Å². The predicted molar refractivity (Wildman–Crippen MR) is 73.7 cm³/mol. The highest BCUT2D eigenvalue weighted by Crippen LogP contribution is 2.28. The van der Waals surface area contributed by atoms with Crippen molar-refractivity contribution in [1.29, 1.82) is 0 Å². The number of halogens is 1. The Morgan fingerprint density at radius 3 is 2.84 bits per heavy atom. The van der Waals surface area contributed by atoms with E-state index in [0.717, 1.165) is 31.5 Å². The summed E-state index contributed by atoms with van der Waals surface area (Å²) in [5.41, 5.74) is 1.62. The molecule has 1 aromatic carbocycles. The number of anilines is 1. The number of rotatable bonds is 5. The number of nitrogens with zero attached hydrogens (tertiary/aromatic N) is 1. The van der Waals surface area contributed by atoms with E-state index in [9.17, 15) is 9.50 Å². The first kappa shape index (κ1) is 12.9. The van der Waals surface area contributed by atoms with E-state index in [1.807, 2.05) is 17.0 Å². The van der Waals surface area contributed by atoms with Gasteiger partial charge in [0.15, 0.2) is 0 Å². The molecular formula is C15H21FN2O. The molecule has 2 N–H and O–H groups in total. The van der Waals surface area contributed by atoms with Crippen LogP contribution in [0.2, 0.25) is 0 Å². The molecule has 0 bridgehead atoms. The summed E-state index contributed by atoms with van der Waals surface area (Å²) in [5.74, 6) is -0.171. The van der Waals surface area contributed by atoms with Crippen molar-refractivity contribution in [3.8, 4) is 0 Å². The summed E-state index contributed by atoms with van der Waals surface area (Å²) in [4.78, 5) is 1.99. The summed E-state index contributed by atoms with van der Waals surface area (Å²) in [5, 5.41) is 12.7. The maximum absolute atomic E-state index is 14.2. The highest BCUT2D eigenvalue weighted by atomic mass is 19.1. The van der Waals surface area contributed by atoms with Gasteiger partial charge in [-0.1, -0.05) is 6.07 Å². The van der Waals surface area contributed by atoms with Crippen LogP contribution in [-0.4, -0.2) is 30.3 Å². The van der Waals surface area contributed by atoms with Crippen molar-refractivity contribution in [3.05, 3.63) is 29.6 Å². The first-order chi connectivity index (χ1) is 9.28. The summed E-state index contributed by atoms with van der Waals surface area (Å²) in [6.45, 7) is 1.68. The number of benzene rings is 1. The zero-order valence-electron chi connectivity index (χ0n) is 11.1. The second kappa shape index (κ2) is 5.47. The molecule has 1 saturated heterocycles. The lowest BCUT2D eigenvalue weighted by Gasteiger charge is -2.26. The average Bonchev–Trinajstić information content (AvgIpc) is 3.13. The van der Waals surface area contributed by atoms with Crippen molar-refractivity contribution >= 4 is 5.69 Å². The van der Waals surface area contributed by atoms with Crippen molar-refractivity contribution in [3.63, 3.8) is 0 Å². The fourth-order valence-corrected chi connectivity index (χ4v) is 2.79. The molecule has 3 rings (SSSR count). The van der Waals surface area contributed by atoms with Crippen LogP contribution in [-0.2, 0) is 6.54 Å². The maximum Gasteiger partial charge on any atom is 0.146 e. The van der Waals surface area contributed by atoms with Crippen molar-refractivity contribution in [2.45, 2.75) is 44.3 Å². The number of hydrogen-bond acceptors (Lipinski definition) is 3. The fourth-order valence-electron chi connectivity index (χ4n) is 2.79. The number of hydrogen-bond donors (Lipinski definition) is 2. The summed E-state index contributed by atoms with van der Waals surface area (Å²) in [6.07, 6.45) is 4.45. The first-order valence-electron chi connectivity index (χ1n) is 7.17. The van der Waals surface area contributed by atoms with Gasteiger partial charge in [0.05, 0.1) is 18.3 Å². The lowest BCUT2D eigenvalue weighted by atomic mass is 10.1. The Morgan fingerprint density at radius 1 is 1.32 bits per heavy atom. The molecule has 1 unspecified atom stereocenters. The third-order valence-corrected chi connectivity index (χ3v) is 4.08. The molecule has 4 heteroatoms. The summed E-state index contributed by atoms with van der Waals surface area (Å²) < 4.78 is 14.2. The third-order valence-electron chi connectivity index (χ3n) is 4.08. The zero-order chi connectivity index (χ0) is 13.2. The van der Waals surface area contributed by atoms with Crippen LogP contribution >= 0.6 is 0 Å². The van der Waals surface area contributed by atoms with E-state index in [4.69, 9.17) is 0 Å². The minimum absolute atomic E-state index is 0.0740. The van der Waals surface area contributed by atoms with E-state index < -0.39 is 0 Å². The van der Waals surface area contributed by atoms with Crippen LogP contribution < -0.4 is 10.2 Å². The zero-order valence-corrected chi connectivity index (χ0v) is 11.1. The Labute approximate surface area is 113 Å². The van der Waals surface area contributed by atoms with E-state index in [2.05, 4.69) is 5.32 Å². The van der Waals surface area contributed by atoms with Crippen LogP contribution in [0.3, 0.4) is 0 Å². The van der Waals surface area contributed by atoms with Crippen LogP contribution in [0, 0.1) is 5.82 Å². The second-order valence-corrected chi connectivity index (χ2v) is 5.61. The largest absolute Gasteiger partial charge is 0.394 e. The van der Waals surface area contributed by atoms with E-state index in [-0.39, 0.29) is 18.5 Å². The molecule has 1 atom stereocenters. The molecule has 2 fully saturated rings. The molecule has 1 aliphatic carbocycles. The Kier molecular flexibility index (Phi) is 3.71. The Balaban J connectivity index is 1.71. The van der Waals surface area contributed by atoms with Gasteiger partial charge in [0.25, 0.3) is 0 Å². The maximum atomic E-state index is 14.2. The Bertz CT molecular complexity index is 448. The molecule has 0 aromatic heterocycles. The number of aliphatic hydroxyl groups excluding tert-OH is 1. The van der Waals surface area contributed by atoms with Gasteiger partial charge in [0.2, 0.25) is 0 Å². The van der Waals surface area contributed by atoms with Crippen molar-refractivity contribution < 1.29 is 9.50 Å². The standard InChI is InChI=1S/C15H21FN2O/c16-14-8-11(9-17-12-4-5-12)3-6-15(14)18-7-1-2-13(18)10-19/h3,6,8,12-13,17,19H,1-2,4-5,7,9-10H2. The van der Waals surface area contributed by atoms with Crippen molar-refractivity contribution in [1.82, 2.24) is 5.32 Å². The highest BCUT2D eigenvalue weighted by Gasteiger charge is 2.26. The number of nitrogens with one attached hydrogen (secondary N) is 1. The minimum Gasteiger partial charge on any atom is -0.394 e. The SMILES string of the molecule is OCC1CCCN1c1ccc(CNC2CC2)cc1F. The van der Waals surface area contributed by atoms with Gasteiger partial charge in [-0.25, -0.2) is 4.39 Å². The first-order valence-corrected chi connectivity index (χ1v) is 7.17. The van der Waals surface area contributed by atoms with Crippen LogP contribution in [0.15, 0.2) is 18.2 Å². The second-order valence-electron chi connectivity index (χ2n) is 5.61. The Hall–Kier alpha value is -1.13. The van der Waals surface area contributed by atoms with E-state index in [1.165, 1.54) is 12.8 Å². The monoisotopic (exact) mass is 264 g/mol. The average molecular weight is 264 g/mol. The van der Waals surface area contributed by atoms with Crippen molar-refractivity contribution in [2.24, 2.45) is 0 Å². The van der Waals surface area contributed by atoms with Gasteiger partial charge < -0.3 is 15.3 Å². The molecular weight excluding hydrogens is 243 g/mol. The molecule has 1 heterocycles. The summed E-state index contributed by atoms with van der Waals surface area (Å²) in [7, 11) is 0. The van der Waals surface area contributed by atoms with Crippen molar-refractivity contribution in [2.75, 3.05) is 18.1 Å². The lowest BCUT2D eigenvalue weighted by Crippen LogP contribution is -2.32. The van der Waals surface area contributed by atoms with Crippen LogP contribution in [0.25, 0.3) is 0 Å². The quantitative estimate of drug-likeness (QED) is 0.854. The highest BCUT2D eigenvalue weighted by molar-refractivity contribution is 5.51. The topological polar surface area (TPSA) is 35.5 Å². The number of aliphatic hydroxyl groups is 1. The smallest absolute Gasteiger partial charge is 0.146 e. The van der Waals surface area contributed by atoms with Gasteiger partial charge in [-0.15, -0.1) is 0 Å². The normalized spacial score (nSPS) is 23.1. The van der Waals surface area contributed by atoms with Gasteiger partial charge in [0, 0.05) is 19.1 Å². The molecule has 0 amide bonds. The summed E-state index contributed by atoms with van der Waals surface area (Å²) in [6, 6.07) is 6.18. The van der Waals surface area contributed by atoms with Gasteiger partial charge in [-0.05, 0) is 43.4 Å². The van der Waals surface area contributed by atoms with Gasteiger partial charge >= 0.3 is 0 Å². The molecule has 19 heavy (non-hydrogen) atoms. The van der Waals surface area contributed by atoms with Gasteiger partial charge in [-0.2, -0.15) is 0 Å². The summed E-state index contributed by atoms with van der Waals surface area (Å²) >= 11 is 0. The lowest BCUT2D eigenvalue weighted by molar-refractivity contribution is 0.266. The van der Waals surface area contributed by atoms with Crippen LogP contribution in [0.4, 0.5) is 10.1 Å².